The Morgan fingerprint density at radius 1 is 0.931 bits per heavy atom. The average Bonchev–Trinajstić information content (AvgIpc) is 2.91. The Morgan fingerprint density at radius 3 is 2.45 bits per heavy atom. The summed E-state index contributed by atoms with van der Waals surface area (Å²) in [4.78, 5) is 15.2. The SMILES string of the molecule is CS(=O)(=O)N1CCCN(C(=O)c2nn(-c3ccccc3)c3c2CCCCC3)CC1. The molecule has 8 heteroatoms. The first-order valence-electron chi connectivity index (χ1n) is 10.4. The average molecular weight is 417 g/mol. The number of carbonyl (C=O) groups excluding carboxylic acids is 1. The van der Waals surface area contributed by atoms with Crippen molar-refractivity contribution in [2.24, 2.45) is 0 Å². The molecule has 156 valence electrons. The fraction of sp³-hybridized carbons (Fsp3) is 0.524. The van der Waals surface area contributed by atoms with Gasteiger partial charge in [0.25, 0.3) is 5.91 Å². The van der Waals surface area contributed by atoms with E-state index in [4.69, 9.17) is 5.10 Å². The van der Waals surface area contributed by atoms with Gasteiger partial charge >= 0.3 is 0 Å². The van der Waals surface area contributed by atoms with Gasteiger partial charge in [-0.05, 0) is 44.2 Å². The normalized spacial score (nSPS) is 18.7. The minimum atomic E-state index is -3.24. The van der Waals surface area contributed by atoms with E-state index in [-0.39, 0.29) is 5.91 Å². The molecule has 1 amide bonds. The van der Waals surface area contributed by atoms with Crippen molar-refractivity contribution >= 4 is 15.9 Å². The van der Waals surface area contributed by atoms with Crippen LogP contribution in [0, 0.1) is 0 Å². The predicted octanol–water partition coefficient (Wildman–Crippen LogP) is 2.25. The van der Waals surface area contributed by atoms with E-state index in [1.807, 2.05) is 35.0 Å². The minimum absolute atomic E-state index is 0.0758. The molecule has 2 aliphatic rings. The van der Waals surface area contributed by atoms with E-state index in [0.717, 1.165) is 49.0 Å². The summed E-state index contributed by atoms with van der Waals surface area (Å²) in [5.41, 5.74) is 3.73. The van der Waals surface area contributed by atoms with Gasteiger partial charge in [-0.25, -0.2) is 17.4 Å². The highest BCUT2D eigenvalue weighted by molar-refractivity contribution is 7.88. The molecule has 0 spiro atoms. The van der Waals surface area contributed by atoms with Crippen LogP contribution in [-0.2, 0) is 22.9 Å². The summed E-state index contributed by atoms with van der Waals surface area (Å²) in [6.07, 6.45) is 6.98. The maximum Gasteiger partial charge on any atom is 0.274 e. The maximum absolute atomic E-state index is 13.4. The molecule has 29 heavy (non-hydrogen) atoms. The molecule has 1 fully saturated rings. The lowest BCUT2D eigenvalue weighted by atomic mass is 10.1. The lowest BCUT2D eigenvalue weighted by Gasteiger charge is -2.20. The van der Waals surface area contributed by atoms with Gasteiger partial charge in [0.05, 0.1) is 11.9 Å². The number of para-hydroxylation sites is 1. The Bertz CT molecular complexity index is 985. The van der Waals surface area contributed by atoms with Crippen molar-refractivity contribution in [2.45, 2.75) is 38.5 Å². The van der Waals surface area contributed by atoms with Gasteiger partial charge in [0.1, 0.15) is 0 Å². The van der Waals surface area contributed by atoms with Crippen LogP contribution in [-0.4, -0.2) is 65.7 Å². The van der Waals surface area contributed by atoms with Crippen molar-refractivity contribution in [3.8, 4) is 5.69 Å². The van der Waals surface area contributed by atoms with Gasteiger partial charge in [-0.2, -0.15) is 5.10 Å². The second-order valence-corrected chi connectivity index (χ2v) is 9.87. The summed E-state index contributed by atoms with van der Waals surface area (Å²) in [6.45, 7) is 1.75. The second-order valence-electron chi connectivity index (χ2n) is 7.89. The van der Waals surface area contributed by atoms with Crippen molar-refractivity contribution in [2.75, 3.05) is 32.4 Å². The fourth-order valence-corrected chi connectivity index (χ4v) is 5.18. The van der Waals surface area contributed by atoms with E-state index >= 15 is 0 Å². The van der Waals surface area contributed by atoms with Crippen molar-refractivity contribution in [3.63, 3.8) is 0 Å². The molecule has 1 saturated heterocycles. The van der Waals surface area contributed by atoms with Crippen LogP contribution in [0.5, 0.6) is 0 Å². The van der Waals surface area contributed by atoms with Gasteiger partial charge in [0.15, 0.2) is 5.69 Å². The number of amides is 1. The van der Waals surface area contributed by atoms with Crippen LogP contribution in [0.25, 0.3) is 5.69 Å². The molecule has 1 aromatic carbocycles. The first-order chi connectivity index (χ1) is 13.9. The molecule has 1 aromatic heterocycles. The van der Waals surface area contributed by atoms with Gasteiger partial charge in [-0.15, -0.1) is 0 Å². The van der Waals surface area contributed by atoms with Crippen LogP contribution in [0.1, 0.15) is 47.4 Å². The standard InChI is InChI=1S/C21H28N4O3S/c1-29(27,28)24-14-8-13-23(15-16-24)21(26)20-18-11-6-3-7-12-19(18)25(22-20)17-9-4-2-5-10-17/h2,4-5,9-10H,3,6-8,11-16H2,1H3. The van der Waals surface area contributed by atoms with Gasteiger partial charge in [0, 0.05) is 37.4 Å². The summed E-state index contributed by atoms with van der Waals surface area (Å²) in [5.74, 6) is -0.0758. The smallest absolute Gasteiger partial charge is 0.274 e. The Labute approximate surface area is 172 Å². The van der Waals surface area contributed by atoms with Gasteiger partial charge < -0.3 is 4.90 Å². The number of aromatic nitrogens is 2. The van der Waals surface area contributed by atoms with Crippen molar-refractivity contribution in [1.82, 2.24) is 19.0 Å². The third-order valence-corrected chi connectivity index (χ3v) is 7.15. The van der Waals surface area contributed by atoms with E-state index in [9.17, 15) is 13.2 Å². The van der Waals surface area contributed by atoms with Gasteiger partial charge in [-0.1, -0.05) is 24.6 Å². The minimum Gasteiger partial charge on any atom is -0.336 e. The van der Waals surface area contributed by atoms with Crippen molar-refractivity contribution in [3.05, 3.63) is 47.3 Å². The van der Waals surface area contributed by atoms with Crippen LogP contribution in [0.2, 0.25) is 0 Å². The van der Waals surface area contributed by atoms with Crippen LogP contribution in [0.3, 0.4) is 0 Å². The topological polar surface area (TPSA) is 75.5 Å². The number of hydrogen-bond donors (Lipinski definition) is 0. The number of nitrogens with zero attached hydrogens (tertiary/aromatic N) is 4. The highest BCUT2D eigenvalue weighted by atomic mass is 32.2. The highest BCUT2D eigenvalue weighted by Gasteiger charge is 2.30. The molecule has 0 atom stereocenters. The molecule has 0 radical (unpaired) electrons. The Kier molecular flexibility index (Phi) is 5.74. The second kappa shape index (κ2) is 8.28. The molecule has 0 N–H and O–H groups in total. The largest absolute Gasteiger partial charge is 0.336 e. The lowest BCUT2D eigenvalue weighted by molar-refractivity contribution is 0.0756. The molecule has 0 bridgehead atoms. The first kappa shape index (κ1) is 20.1. The van der Waals surface area contributed by atoms with Gasteiger partial charge in [-0.3, -0.25) is 4.79 Å². The summed E-state index contributed by atoms with van der Waals surface area (Å²) in [7, 11) is -3.24. The van der Waals surface area contributed by atoms with Crippen LogP contribution in [0.15, 0.2) is 30.3 Å². The summed E-state index contributed by atoms with van der Waals surface area (Å²) in [5, 5.41) is 4.77. The molecule has 4 rings (SSSR count). The predicted molar refractivity (Wildman–Crippen MR) is 112 cm³/mol. The molecule has 2 aromatic rings. The molecule has 1 aliphatic carbocycles. The first-order valence-corrected chi connectivity index (χ1v) is 12.2. The quantitative estimate of drug-likeness (QED) is 0.719. The maximum atomic E-state index is 13.4. The van der Waals surface area contributed by atoms with E-state index in [2.05, 4.69) is 0 Å². The fourth-order valence-electron chi connectivity index (χ4n) is 4.31. The number of rotatable bonds is 3. The summed E-state index contributed by atoms with van der Waals surface area (Å²) >= 11 is 0. The Morgan fingerprint density at radius 2 is 1.69 bits per heavy atom. The zero-order chi connectivity index (χ0) is 20.4. The molecule has 2 heterocycles. The molecule has 1 aliphatic heterocycles. The van der Waals surface area contributed by atoms with E-state index in [0.29, 0.717) is 38.3 Å². The van der Waals surface area contributed by atoms with E-state index in [1.165, 1.54) is 10.6 Å². The third-order valence-electron chi connectivity index (χ3n) is 5.84. The van der Waals surface area contributed by atoms with Crippen molar-refractivity contribution < 1.29 is 13.2 Å². The molecule has 0 saturated carbocycles. The Balaban J connectivity index is 1.66. The number of benzene rings is 1. The van der Waals surface area contributed by atoms with Crippen LogP contribution >= 0.6 is 0 Å². The number of carbonyl (C=O) groups is 1. The molecule has 7 nitrogen and oxygen atoms in total. The third kappa shape index (κ3) is 4.23. The molecule has 0 unspecified atom stereocenters. The number of sulfonamides is 1. The van der Waals surface area contributed by atoms with Gasteiger partial charge in [0.2, 0.25) is 10.0 Å². The highest BCUT2D eigenvalue weighted by Crippen LogP contribution is 2.27. The monoisotopic (exact) mass is 416 g/mol. The summed E-state index contributed by atoms with van der Waals surface area (Å²) < 4.78 is 27.2. The van der Waals surface area contributed by atoms with E-state index in [1.54, 1.807) is 4.90 Å². The van der Waals surface area contributed by atoms with Crippen LogP contribution < -0.4 is 0 Å². The molecular weight excluding hydrogens is 388 g/mol. The van der Waals surface area contributed by atoms with Crippen LogP contribution in [0.4, 0.5) is 0 Å². The zero-order valence-corrected chi connectivity index (χ0v) is 17.7. The number of hydrogen-bond acceptors (Lipinski definition) is 4. The zero-order valence-electron chi connectivity index (χ0n) is 16.9. The number of fused-ring (bicyclic) bond motifs is 1. The molecular formula is C21H28N4O3S. The lowest BCUT2D eigenvalue weighted by Crippen LogP contribution is -2.37. The van der Waals surface area contributed by atoms with E-state index < -0.39 is 10.0 Å². The summed E-state index contributed by atoms with van der Waals surface area (Å²) in [6, 6.07) is 9.97. The van der Waals surface area contributed by atoms with Crippen molar-refractivity contribution in [1.29, 1.82) is 0 Å². The Hall–Kier alpha value is -2.19.